The molecule has 0 fully saturated rings. The van der Waals surface area contributed by atoms with Crippen LogP contribution in [0.5, 0.6) is 0 Å². The van der Waals surface area contributed by atoms with E-state index in [1.165, 1.54) is 12.3 Å². The molecule has 0 bridgehead atoms. The first-order valence-electron chi connectivity index (χ1n) is 10.3. The van der Waals surface area contributed by atoms with Gasteiger partial charge in [-0.05, 0) is 55.8 Å². The number of aryl methyl sites for hydroxylation is 1. The Morgan fingerprint density at radius 1 is 1.12 bits per heavy atom. The number of aromatic nitrogens is 2. The summed E-state index contributed by atoms with van der Waals surface area (Å²) >= 11 is 6.31. The average Bonchev–Trinajstić information content (AvgIpc) is 2.79. The highest BCUT2D eigenvalue weighted by molar-refractivity contribution is 6.33. The van der Waals surface area contributed by atoms with E-state index in [9.17, 15) is 9.59 Å². The monoisotopic (exact) mass is 464 g/mol. The molecule has 0 aliphatic rings. The van der Waals surface area contributed by atoms with Gasteiger partial charge in [-0.25, -0.2) is 4.98 Å². The van der Waals surface area contributed by atoms with Gasteiger partial charge in [0.25, 0.3) is 0 Å². The molecule has 0 aliphatic heterocycles. The highest BCUT2D eigenvalue weighted by Gasteiger charge is 2.13. The molecule has 9 heteroatoms. The molecule has 3 aromatic rings. The molecule has 1 heterocycles. The molecule has 0 radical (unpaired) electrons. The summed E-state index contributed by atoms with van der Waals surface area (Å²) in [5.41, 5.74) is 3.72. The molecular formula is C24H25ClN6O2. The van der Waals surface area contributed by atoms with Crippen molar-refractivity contribution in [2.45, 2.75) is 20.8 Å². The molecule has 2 aromatic carbocycles. The van der Waals surface area contributed by atoms with Crippen molar-refractivity contribution in [3.05, 3.63) is 71.9 Å². The van der Waals surface area contributed by atoms with Crippen molar-refractivity contribution >= 4 is 57.9 Å². The third-order valence-electron chi connectivity index (χ3n) is 4.83. The zero-order valence-electron chi connectivity index (χ0n) is 18.6. The van der Waals surface area contributed by atoms with E-state index in [0.29, 0.717) is 34.7 Å². The molecule has 0 unspecified atom stereocenters. The van der Waals surface area contributed by atoms with Gasteiger partial charge in [-0.15, -0.1) is 0 Å². The van der Waals surface area contributed by atoms with Crippen LogP contribution >= 0.6 is 11.6 Å². The summed E-state index contributed by atoms with van der Waals surface area (Å²) < 4.78 is 0. The minimum absolute atomic E-state index is 0.0149. The second-order valence-corrected chi connectivity index (χ2v) is 7.55. The summed E-state index contributed by atoms with van der Waals surface area (Å²) in [6.07, 6.45) is 2.68. The number of halogens is 1. The molecule has 0 atom stereocenters. The third-order valence-corrected chi connectivity index (χ3v) is 5.11. The summed E-state index contributed by atoms with van der Waals surface area (Å²) in [4.78, 5) is 34.0. The first-order valence-corrected chi connectivity index (χ1v) is 10.7. The summed E-state index contributed by atoms with van der Waals surface area (Å²) in [7, 11) is 0. The second-order valence-electron chi connectivity index (χ2n) is 7.14. The van der Waals surface area contributed by atoms with Gasteiger partial charge >= 0.3 is 0 Å². The van der Waals surface area contributed by atoms with E-state index in [1.54, 1.807) is 30.0 Å². The van der Waals surface area contributed by atoms with E-state index in [0.717, 1.165) is 16.9 Å². The Balaban J connectivity index is 1.84. The maximum Gasteiger partial charge on any atom is 0.247 e. The summed E-state index contributed by atoms with van der Waals surface area (Å²) in [5.74, 6) is 0.367. The molecule has 0 saturated heterocycles. The molecule has 0 spiro atoms. The van der Waals surface area contributed by atoms with Crippen LogP contribution in [-0.2, 0) is 9.59 Å². The Morgan fingerprint density at radius 2 is 1.85 bits per heavy atom. The van der Waals surface area contributed by atoms with Crippen LogP contribution < -0.4 is 20.9 Å². The van der Waals surface area contributed by atoms with Gasteiger partial charge in [0, 0.05) is 24.8 Å². The lowest BCUT2D eigenvalue weighted by Crippen LogP contribution is -2.27. The van der Waals surface area contributed by atoms with Crippen molar-refractivity contribution in [2.24, 2.45) is 0 Å². The van der Waals surface area contributed by atoms with Crippen LogP contribution in [0.1, 0.15) is 19.4 Å². The SMILES string of the molecule is C=CC(=O)Nc1ccccc1Nc1nc(Nc2ccc(N(CC)C(C)=O)cc2C)ncc1Cl. The van der Waals surface area contributed by atoms with Crippen LogP contribution in [0.4, 0.5) is 34.5 Å². The fourth-order valence-corrected chi connectivity index (χ4v) is 3.33. The van der Waals surface area contributed by atoms with Crippen LogP contribution in [0.2, 0.25) is 5.02 Å². The standard InChI is InChI=1S/C24H25ClN6O2/c1-5-22(33)27-20-9-7-8-10-21(20)28-23-18(25)14-26-24(30-23)29-19-12-11-17(13-15(19)3)31(6-2)16(4)32/h5,7-14H,1,6H2,2-4H3,(H,27,33)(H2,26,28,29,30). The maximum absolute atomic E-state index is 11.8. The van der Waals surface area contributed by atoms with Crippen molar-refractivity contribution in [3.63, 3.8) is 0 Å². The molecule has 8 nitrogen and oxygen atoms in total. The molecule has 0 aliphatic carbocycles. The van der Waals surface area contributed by atoms with Crippen molar-refractivity contribution in [3.8, 4) is 0 Å². The highest BCUT2D eigenvalue weighted by atomic mass is 35.5. The third kappa shape index (κ3) is 5.87. The van der Waals surface area contributed by atoms with Crippen LogP contribution in [-0.4, -0.2) is 28.3 Å². The number of para-hydroxylation sites is 2. The second kappa shape index (κ2) is 10.6. The lowest BCUT2D eigenvalue weighted by atomic mass is 10.1. The fourth-order valence-electron chi connectivity index (χ4n) is 3.19. The molecule has 2 amide bonds. The predicted octanol–water partition coefficient (Wildman–Crippen LogP) is 5.42. The number of rotatable bonds is 8. The number of benzene rings is 2. The van der Waals surface area contributed by atoms with E-state index in [2.05, 4.69) is 32.5 Å². The van der Waals surface area contributed by atoms with E-state index >= 15 is 0 Å². The van der Waals surface area contributed by atoms with Crippen molar-refractivity contribution in [2.75, 3.05) is 27.4 Å². The number of carbonyl (C=O) groups is 2. The number of nitrogens with one attached hydrogen (secondary N) is 3. The number of hydrogen-bond donors (Lipinski definition) is 3. The topological polar surface area (TPSA) is 99.2 Å². The zero-order valence-corrected chi connectivity index (χ0v) is 19.4. The summed E-state index contributed by atoms with van der Waals surface area (Å²) in [6, 6.07) is 12.9. The van der Waals surface area contributed by atoms with Crippen LogP contribution in [0.15, 0.2) is 61.3 Å². The lowest BCUT2D eigenvalue weighted by Gasteiger charge is -2.20. The van der Waals surface area contributed by atoms with Gasteiger partial charge in [-0.2, -0.15) is 4.98 Å². The number of anilines is 6. The van der Waals surface area contributed by atoms with Gasteiger partial charge < -0.3 is 20.9 Å². The molecule has 3 rings (SSSR count). The Kier molecular flexibility index (Phi) is 7.63. The minimum Gasteiger partial charge on any atom is -0.337 e. The van der Waals surface area contributed by atoms with Gasteiger partial charge in [0.1, 0.15) is 5.02 Å². The zero-order chi connectivity index (χ0) is 24.0. The first kappa shape index (κ1) is 23.7. The van der Waals surface area contributed by atoms with Gasteiger partial charge in [0.2, 0.25) is 17.8 Å². The number of nitrogens with zero attached hydrogens (tertiary/aromatic N) is 3. The number of amides is 2. The van der Waals surface area contributed by atoms with Gasteiger partial charge in [-0.1, -0.05) is 30.3 Å². The van der Waals surface area contributed by atoms with Gasteiger partial charge in [0.15, 0.2) is 5.82 Å². The fraction of sp³-hybridized carbons (Fsp3) is 0.167. The average molecular weight is 465 g/mol. The Hall–Kier alpha value is -3.91. The largest absolute Gasteiger partial charge is 0.337 e. The normalized spacial score (nSPS) is 10.3. The number of hydrogen-bond acceptors (Lipinski definition) is 6. The predicted molar refractivity (Wildman–Crippen MR) is 134 cm³/mol. The van der Waals surface area contributed by atoms with Gasteiger partial charge in [-0.3, -0.25) is 9.59 Å². The molecule has 0 saturated carbocycles. The van der Waals surface area contributed by atoms with E-state index in [4.69, 9.17) is 11.6 Å². The maximum atomic E-state index is 11.8. The molecular weight excluding hydrogens is 440 g/mol. The van der Waals surface area contributed by atoms with Crippen LogP contribution in [0.3, 0.4) is 0 Å². The van der Waals surface area contributed by atoms with E-state index in [1.807, 2.05) is 38.1 Å². The lowest BCUT2D eigenvalue weighted by molar-refractivity contribution is -0.116. The van der Waals surface area contributed by atoms with Gasteiger partial charge in [0.05, 0.1) is 17.6 Å². The summed E-state index contributed by atoms with van der Waals surface area (Å²) in [5, 5.41) is 9.38. The highest BCUT2D eigenvalue weighted by Crippen LogP contribution is 2.30. The molecule has 3 N–H and O–H groups in total. The molecule has 33 heavy (non-hydrogen) atoms. The molecule has 1 aromatic heterocycles. The summed E-state index contributed by atoms with van der Waals surface area (Å²) in [6.45, 7) is 9.47. The Bertz CT molecular complexity index is 1200. The van der Waals surface area contributed by atoms with Crippen LogP contribution in [0, 0.1) is 6.92 Å². The minimum atomic E-state index is -0.328. The van der Waals surface area contributed by atoms with E-state index < -0.39 is 0 Å². The molecule has 170 valence electrons. The quantitative estimate of drug-likeness (QED) is 0.385. The van der Waals surface area contributed by atoms with Crippen molar-refractivity contribution < 1.29 is 9.59 Å². The smallest absolute Gasteiger partial charge is 0.247 e. The van der Waals surface area contributed by atoms with E-state index in [-0.39, 0.29) is 11.8 Å². The van der Waals surface area contributed by atoms with Crippen molar-refractivity contribution in [1.82, 2.24) is 9.97 Å². The van der Waals surface area contributed by atoms with Crippen molar-refractivity contribution in [1.29, 1.82) is 0 Å². The Labute approximate surface area is 197 Å². The van der Waals surface area contributed by atoms with Crippen LogP contribution in [0.25, 0.3) is 0 Å². The first-order chi connectivity index (χ1) is 15.8. The number of carbonyl (C=O) groups excluding carboxylic acids is 2. The Morgan fingerprint density at radius 3 is 2.48 bits per heavy atom.